The summed E-state index contributed by atoms with van der Waals surface area (Å²) in [5.74, 6) is 2.47. The van der Waals surface area contributed by atoms with Gasteiger partial charge in [0.1, 0.15) is 11.5 Å². The number of ether oxygens (including phenoxy) is 2. The zero-order valence-electron chi connectivity index (χ0n) is 15.9. The quantitative estimate of drug-likeness (QED) is 0.218. The van der Waals surface area contributed by atoms with Gasteiger partial charge in [0.05, 0.1) is 19.3 Å². The molecule has 1 aliphatic heterocycles. The van der Waals surface area contributed by atoms with Crippen LogP contribution in [0.5, 0.6) is 0 Å². The molecule has 0 bridgehead atoms. The van der Waals surface area contributed by atoms with E-state index in [1.54, 1.807) is 7.05 Å². The number of benzene rings is 1. The van der Waals surface area contributed by atoms with E-state index in [-0.39, 0.29) is 30.1 Å². The second-order valence-corrected chi connectivity index (χ2v) is 7.25. The van der Waals surface area contributed by atoms with E-state index in [1.807, 2.05) is 36.4 Å². The first kappa shape index (κ1) is 23.2. The number of hydrogen-bond donors (Lipinski definition) is 2. The maximum atomic E-state index is 5.91. The summed E-state index contributed by atoms with van der Waals surface area (Å²) in [7, 11) is 1.76. The molecule has 0 spiro atoms. The van der Waals surface area contributed by atoms with Crippen molar-refractivity contribution in [3.05, 3.63) is 46.6 Å². The topological polar surface area (TPSA) is 68.0 Å². The summed E-state index contributed by atoms with van der Waals surface area (Å²) in [4.78, 5) is 4.24. The van der Waals surface area contributed by atoms with Gasteiger partial charge in [-0.3, -0.25) is 4.99 Å². The van der Waals surface area contributed by atoms with Gasteiger partial charge >= 0.3 is 0 Å². The summed E-state index contributed by atoms with van der Waals surface area (Å²) in [6, 6.07) is 12.0. The van der Waals surface area contributed by atoms with Crippen LogP contribution >= 0.6 is 39.9 Å². The summed E-state index contributed by atoms with van der Waals surface area (Å²) in [5, 5.41) is 6.56. The zero-order chi connectivity index (χ0) is 18.9. The van der Waals surface area contributed by atoms with E-state index in [9.17, 15) is 0 Å². The number of halogens is 2. The van der Waals surface area contributed by atoms with Gasteiger partial charge in [-0.25, -0.2) is 0 Å². The maximum absolute atomic E-state index is 5.91. The number of aliphatic imine (C=N–C) groups is 1. The predicted octanol–water partition coefficient (Wildman–Crippen LogP) is 4.19. The molecule has 0 saturated carbocycles. The van der Waals surface area contributed by atoms with Crippen molar-refractivity contribution in [2.45, 2.75) is 25.5 Å². The molecule has 1 aliphatic rings. The zero-order valence-corrected chi connectivity index (χ0v) is 19.9. The number of guanidine groups is 1. The van der Waals surface area contributed by atoms with Gasteiger partial charge in [0, 0.05) is 36.8 Å². The van der Waals surface area contributed by atoms with Crippen LogP contribution in [0.1, 0.15) is 18.6 Å². The Kier molecular flexibility index (Phi) is 10.3. The molecule has 0 radical (unpaired) electrons. The molecule has 1 aromatic heterocycles. The molecule has 0 amide bonds. The van der Waals surface area contributed by atoms with Gasteiger partial charge in [-0.1, -0.05) is 28.1 Å². The molecule has 1 unspecified atom stereocenters. The van der Waals surface area contributed by atoms with Crippen molar-refractivity contribution >= 4 is 45.9 Å². The molecule has 1 atom stereocenters. The standard InChI is InChI=1S/C20H26BrN3O3.HI/c1-22-20(23-10-2-11-26-18-9-12-25-14-18)24-13-17-7-8-19(27-17)15-3-5-16(21)6-4-15;/h3-8,18H,2,9-14H2,1H3,(H2,22,23,24);1H. The third-order valence-electron chi connectivity index (χ3n) is 4.30. The van der Waals surface area contributed by atoms with Crippen molar-refractivity contribution in [3.8, 4) is 11.3 Å². The molecule has 1 saturated heterocycles. The lowest BCUT2D eigenvalue weighted by molar-refractivity contribution is 0.0420. The van der Waals surface area contributed by atoms with Gasteiger partial charge in [0.2, 0.25) is 0 Å². The van der Waals surface area contributed by atoms with Crippen molar-refractivity contribution in [1.29, 1.82) is 0 Å². The number of rotatable bonds is 8. The van der Waals surface area contributed by atoms with E-state index in [4.69, 9.17) is 13.9 Å². The normalized spacial score (nSPS) is 16.6. The van der Waals surface area contributed by atoms with E-state index in [1.165, 1.54) is 0 Å². The van der Waals surface area contributed by atoms with Gasteiger partial charge < -0.3 is 24.5 Å². The lowest BCUT2D eigenvalue weighted by Crippen LogP contribution is -2.37. The van der Waals surface area contributed by atoms with E-state index in [2.05, 4.69) is 31.6 Å². The third-order valence-corrected chi connectivity index (χ3v) is 4.83. The van der Waals surface area contributed by atoms with Gasteiger partial charge in [-0.15, -0.1) is 24.0 Å². The highest BCUT2D eigenvalue weighted by Crippen LogP contribution is 2.23. The maximum Gasteiger partial charge on any atom is 0.191 e. The Morgan fingerprint density at radius 3 is 2.75 bits per heavy atom. The third kappa shape index (κ3) is 7.38. The molecule has 1 aromatic carbocycles. The number of nitrogens with one attached hydrogen (secondary N) is 2. The number of nitrogens with zero attached hydrogens (tertiary/aromatic N) is 1. The van der Waals surface area contributed by atoms with E-state index in [0.29, 0.717) is 6.54 Å². The van der Waals surface area contributed by atoms with Crippen LogP contribution in [-0.2, 0) is 16.0 Å². The van der Waals surface area contributed by atoms with E-state index in [0.717, 1.165) is 66.7 Å². The summed E-state index contributed by atoms with van der Waals surface area (Å²) in [5.41, 5.74) is 1.06. The highest BCUT2D eigenvalue weighted by Gasteiger charge is 2.15. The second kappa shape index (κ2) is 12.5. The molecule has 1 fully saturated rings. The Labute approximate surface area is 191 Å². The van der Waals surface area contributed by atoms with Gasteiger partial charge in [-0.05, 0) is 37.1 Å². The summed E-state index contributed by atoms with van der Waals surface area (Å²) in [6.07, 6.45) is 2.19. The predicted molar refractivity (Wildman–Crippen MR) is 125 cm³/mol. The van der Waals surface area contributed by atoms with E-state index < -0.39 is 0 Å². The SMILES string of the molecule is CN=C(NCCCOC1CCOC1)NCc1ccc(-c2ccc(Br)cc2)o1.I. The van der Waals surface area contributed by atoms with Crippen LogP contribution in [0, 0.1) is 0 Å². The number of hydrogen-bond acceptors (Lipinski definition) is 4. The van der Waals surface area contributed by atoms with Crippen LogP contribution in [0.4, 0.5) is 0 Å². The fourth-order valence-electron chi connectivity index (χ4n) is 2.81. The minimum absolute atomic E-state index is 0. The Hall–Kier alpha value is -1.10. The van der Waals surface area contributed by atoms with Gasteiger partial charge in [0.15, 0.2) is 5.96 Å². The lowest BCUT2D eigenvalue weighted by Gasteiger charge is -2.12. The Balaban J connectivity index is 0.00000280. The van der Waals surface area contributed by atoms with Crippen molar-refractivity contribution in [2.24, 2.45) is 4.99 Å². The van der Waals surface area contributed by atoms with Crippen LogP contribution in [-0.4, -0.2) is 45.5 Å². The van der Waals surface area contributed by atoms with Crippen molar-refractivity contribution in [2.75, 3.05) is 33.4 Å². The molecule has 0 aliphatic carbocycles. The molecule has 28 heavy (non-hydrogen) atoms. The first-order chi connectivity index (χ1) is 13.2. The first-order valence-electron chi connectivity index (χ1n) is 9.23. The van der Waals surface area contributed by atoms with E-state index >= 15 is 0 Å². The monoisotopic (exact) mass is 563 g/mol. The summed E-state index contributed by atoms with van der Waals surface area (Å²) in [6.45, 7) is 3.65. The largest absolute Gasteiger partial charge is 0.459 e. The average molecular weight is 564 g/mol. The first-order valence-corrected chi connectivity index (χ1v) is 10.0. The van der Waals surface area contributed by atoms with Crippen LogP contribution in [0.25, 0.3) is 11.3 Å². The van der Waals surface area contributed by atoms with Crippen molar-refractivity contribution < 1.29 is 13.9 Å². The minimum atomic E-state index is 0. The molecule has 2 N–H and O–H groups in total. The second-order valence-electron chi connectivity index (χ2n) is 6.34. The van der Waals surface area contributed by atoms with Crippen LogP contribution in [0.15, 0.2) is 50.3 Å². The highest BCUT2D eigenvalue weighted by molar-refractivity contribution is 14.0. The Morgan fingerprint density at radius 2 is 2.04 bits per heavy atom. The molecule has 8 heteroatoms. The van der Waals surface area contributed by atoms with Gasteiger partial charge in [-0.2, -0.15) is 0 Å². The molecular formula is C20H27BrIN3O3. The van der Waals surface area contributed by atoms with Crippen molar-refractivity contribution in [3.63, 3.8) is 0 Å². The van der Waals surface area contributed by atoms with Crippen LogP contribution in [0.3, 0.4) is 0 Å². The van der Waals surface area contributed by atoms with Gasteiger partial charge in [0.25, 0.3) is 0 Å². The summed E-state index contributed by atoms with van der Waals surface area (Å²) < 4.78 is 18.0. The molecule has 6 nitrogen and oxygen atoms in total. The summed E-state index contributed by atoms with van der Waals surface area (Å²) >= 11 is 3.45. The molecular weight excluding hydrogens is 537 g/mol. The molecule has 3 rings (SSSR count). The Bertz CT molecular complexity index is 731. The van der Waals surface area contributed by atoms with Crippen molar-refractivity contribution in [1.82, 2.24) is 10.6 Å². The van der Waals surface area contributed by atoms with Crippen LogP contribution < -0.4 is 10.6 Å². The average Bonchev–Trinajstić information content (AvgIpc) is 3.36. The highest BCUT2D eigenvalue weighted by atomic mass is 127. The lowest BCUT2D eigenvalue weighted by atomic mass is 10.2. The fraction of sp³-hybridized carbons (Fsp3) is 0.450. The molecule has 2 heterocycles. The Morgan fingerprint density at radius 1 is 1.21 bits per heavy atom. The fourth-order valence-corrected chi connectivity index (χ4v) is 3.07. The smallest absolute Gasteiger partial charge is 0.191 e. The number of furan rings is 1. The molecule has 154 valence electrons. The molecule has 2 aromatic rings. The minimum Gasteiger partial charge on any atom is -0.459 e. The van der Waals surface area contributed by atoms with Crippen LogP contribution in [0.2, 0.25) is 0 Å².